The first-order chi connectivity index (χ1) is 6.49. The first-order valence-corrected chi connectivity index (χ1v) is 5.08. The molecule has 14 heavy (non-hydrogen) atoms. The molecule has 1 nitrogen and oxygen atoms in total. The summed E-state index contributed by atoms with van der Waals surface area (Å²) >= 11 is 0. The lowest BCUT2D eigenvalue weighted by atomic mass is 9.94. The van der Waals surface area contributed by atoms with Gasteiger partial charge in [0.1, 0.15) is 5.78 Å². The van der Waals surface area contributed by atoms with Crippen LogP contribution in [-0.4, -0.2) is 12.0 Å². The minimum absolute atomic E-state index is 0.0116. The van der Waals surface area contributed by atoms with Crippen LogP contribution in [0.25, 0.3) is 0 Å². The van der Waals surface area contributed by atoms with Gasteiger partial charge in [0.15, 0.2) is 0 Å². The van der Waals surface area contributed by atoms with E-state index in [4.69, 9.17) is 0 Å². The number of carbonyl (C=O) groups excluding carboxylic acids is 1. The number of hydrogen-bond donors (Lipinski definition) is 0. The number of hydrogen-bond acceptors (Lipinski definition) is 1. The van der Waals surface area contributed by atoms with Crippen LogP contribution in [0.5, 0.6) is 0 Å². The van der Waals surface area contributed by atoms with E-state index in [1.165, 1.54) is 0 Å². The van der Waals surface area contributed by atoms with Gasteiger partial charge in [-0.1, -0.05) is 12.8 Å². The van der Waals surface area contributed by atoms with Crippen LogP contribution in [0.2, 0.25) is 0 Å². The summed E-state index contributed by atoms with van der Waals surface area (Å²) in [5.74, 6) is -0.300. The second kappa shape index (κ2) is 4.80. The van der Waals surface area contributed by atoms with Crippen molar-refractivity contribution < 1.29 is 18.0 Å². The van der Waals surface area contributed by atoms with Crippen molar-refractivity contribution in [3.8, 4) is 0 Å². The fraction of sp³-hybridized carbons (Fsp3) is 0.900. The van der Waals surface area contributed by atoms with E-state index in [0.29, 0.717) is 12.8 Å². The van der Waals surface area contributed by atoms with Gasteiger partial charge < -0.3 is 0 Å². The minimum Gasteiger partial charge on any atom is -0.299 e. The minimum atomic E-state index is -4.12. The van der Waals surface area contributed by atoms with Crippen LogP contribution in [0.15, 0.2) is 0 Å². The molecule has 1 aliphatic carbocycles. The average molecular weight is 208 g/mol. The summed E-state index contributed by atoms with van der Waals surface area (Å²) in [6, 6.07) is 0. The maximum atomic E-state index is 11.9. The largest absolute Gasteiger partial charge is 0.389 e. The zero-order valence-electron chi connectivity index (χ0n) is 8.07. The van der Waals surface area contributed by atoms with Gasteiger partial charge in [0.25, 0.3) is 0 Å². The predicted octanol–water partition coefficient (Wildman–Crippen LogP) is 3.48. The molecular weight excluding hydrogens is 193 g/mol. The van der Waals surface area contributed by atoms with Gasteiger partial charge in [-0.2, -0.15) is 13.2 Å². The van der Waals surface area contributed by atoms with Crippen molar-refractivity contribution in [2.24, 2.45) is 5.92 Å². The summed E-state index contributed by atoms with van der Waals surface area (Å²) in [6.45, 7) is 0. The Bertz CT molecular complexity index is 198. The summed E-state index contributed by atoms with van der Waals surface area (Å²) in [5, 5.41) is 0. The summed E-state index contributed by atoms with van der Waals surface area (Å²) in [5.41, 5.74) is 0. The van der Waals surface area contributed by atoms with Crippen LogP contribution < -0.4 is 0 Å². The second-order valence-electron chi connectivity index (χ2n) is 3.92. The van der Waals surface area contributed by atoms with Crippen LogP contribution in [0.3, 0.4) is 0 Å². The Morgan fingerprint density at radius 2 is 1.93 bits per heavy atom. The highest BCUT2D eigenvalue weighted by molar-refractivity contribution is 5.81. The molecule has 0 radical (unpaired) electrons. The lowest BCUT2D eigenvalue weighted by molar-refractivity contribution is -0.140. The Morgan fingerprint density at radius 1 is 1.21 bits per heavy atom. The van der Waals surface area contributed by atoms with Crippen molar-refractivity contribution in [3.05, 3.63) is 0 Å². The number of ketones is 1. The molecule has 0 amide bonds. The number of alkyl halides is 3. The highest BCUT2D eigenvalue weighted by atomic mass is 19.4. The van der Waals surface area contributed by atoms with Crippen LogP contribution >= 0.6 is 0 Å². The van der Waals surface area contributed by atoms with Gasteiger partial charge in [-0.3, -0.25) is 4.79 Å². The lowest BCUT2D eigenvalue weighted by Gasteiger charge is -2.13. The molecule has 0 spiro atoms. The normalized spacial score (nSPS) is 24.8. The molecule has 1 saturated carbocycles. The van der Waals surface area contributed by atoms with Crippen LogP contribution in [-0.2, 0) is 4.79 Å². The lowest BCUT2D eigenvalue weighted by Crippen LogP contribution is -2.17. The molecule has 0 saturated heterocycles. The van der Waals surface area contributed by atoms with Crippen molar-refractivity contribution >= 4 is 5.78 Å². The monoisotopic (exact) mass is 208 g/mol. The Kier molecular flexibility index (Phi) is 3.96. The number of halogens is 3. The van der Waals surface area contributed by atoms with Gasteiger partial charge in [-0.05, 0) is 19.3 Å². The Morgan fingerprint density at radius 3 is 2.57 bits per heavy atom. The maximum absolute atomic E-state index is 11.9. The van der Waals surface area contributed by atoms with Crippen molar-refractivity contribution in [1.29, 1.82) is 0 Å². The van der Waals surface area contributed by atoms with E-state index in [0.717, 1.165) is 19.3 Å². The molecule has 1 rings (SSSR count). The predicted molar refractivity (Wildman–Crippen MR) is 46.9 cm³/mol. The number of Topliss-reactive ketones (excluding diaryl/α,β-unsaturated/α-hetero) is 1. The highest BCUT2D eigenvalue weighted by Crippen LogP contribution is 2.29. The Labute approximate surface area is 81.7 Å². The maximum Gasteiger partial charge on any atom is 0.389 e. The van der Waals surface area contributed by atoms with E-state index >= 15 is 0 Å². The van der Waals surface area contributed by atoms with E-state index in [9.17, 15) is 18.0 Å². The molecule has 0 aromatic heterocycles. The van der Waals surface area contributed by atoms with Crippen LogP contribution in [0, 0.1) is 5.92 Å². The van der Waals surface area contributed by atoms with E-state index in [2.05, 4.69) is 0 Å². The molecular formula is C10H15F3O. The molecule has 1 unspecified atom stereocenters. The molecule has 0 aromatic rings. The summed E-state index contributed by atoms with van der Waals surface area (Å²) < 4.78 is 35.8. The van der Waals surface area contributed by atoms with Crippen molar-refractivity contribution in [2.75, 3.05) is 0 Å². The molecule has 4 heteroatoms. The summed E-state index contributed by atoms with van der Waals surface area (Å²) in [4.78, 5) is 11.4. The van der Waals surface area contributed by atoms with Crippen molar-refractivity contribution in [2.45, 2.75) is 51.1 Å². The molecule has 0 aromatic carbocycles. The van der Waals surface area contributed by atoms with Gasteiger partial charge in [0, 0.05) is 18.8 Å². The topological polar surface area (TPSA) is 17.1 Å². The van der Waals surface area contributed by atoms with E-state index in [1.807, 2.05) is 0 Å². The SMILES string of the molecule is O=C1CCCCCC1CCC(F)(F)F. The Balaban J connectivity index is 2.37. The van der Waals surface area contributed by atoms with Crippen LogP contribution in [0.1, 0.15) is 44.9 Å². The zero-order valence-corrected chi connectivity index (χ0v) is 8.07. The molecule has 0 N–H and O–H groups in total. The van der Waals surface area contributed by atoms with E-state index in [1.54, 1.807) is 0 Å². The second-order valence-corrected chi connectivity index (χ2v) is 3.92. The first kappa shape index (κ1) is 11.5. The quantitative estimate of drug-likeness (QED) is 0.635. The first-order valence-electron chi connectivity index (χ1n) is 5.08. The number of carbonyl (C=O) groups is 1. The van der Waals surface area contributed by atoms with Crippen molar-refractivity contribution in [3.63, 3.8) is 0 Å². The molecule has 1 aliphatic rings. The fourth-order valence-electron chi connectivity index (χ4n) is 1.88. The fourth-order valence-corrected chi connectivity index (χ4v) is 1.88. The third-order valence-corrected chi connectivity index (χ3v) is 2.71. The zero-order chi connectivity index (χ0) is 10.6. The third-order valence-electron chi connectivity index (χ3n) is 2.71. The smallest absolute Gasteiger partial charge is 0.299 e. The number of rotatable bonds is 2. The average Bonchev–Trinajstić information content (AvgIpc) is 2.25. The third kappa shape index (κ3) is 4.11. The van der Waals surface area contributed by atoms with Gasteiger partial charge in [-0.15, -0.1) is 0 Å². The molecule has 0 heterocycles. The molecule has 0 aliphatic heterocycles. The van der Waals surface area contributed by atoms with Crippen LogP contribution in [0.4, 0.5) is 13.2 Å². The summed E-state index contributed by atoms with van der Waals surface area (Å²) in [7, 11) is 0. The van der Waals surface area contributed by atoms with Gasteiger partial charge in [-0.25, -0.2) is 0 Å². The molecule has 82 valence electrons. The Hall–Kier alpha value is -0.540. The molecule has 1 fully saturated rings. The molecule has 1 atom stereocenters. The van der Waals surface area contributed by atoms with E-state index < -0.39 is 12.6 Å². The van der Waals surface area contributed by atoms with Crippen molar-refractivity contribution in [1.82, 2.24) is 0 Å². The van der Waals surface area contributed by atoms with Gasteiger partial charge in [0.2, 0.25) is 0 Å². The summed E-state index contributed by atoms with van der Waals surface area (Å²) in [6.07, 6.45) is -1.10. The van der Waals surface area contributed by atoms with Gasteiger partial charge in [0.05, 0.1) is 0 Å². The standard InChI is InChI=1S/C10H15F3O/c11-10(12,13)7-6-8-4-2-1-3-5-9(8)14/h8H,1-7H2. The van der Waals surface area contributed by atoms with Gasteiger partial charge >= 0.3 is 6.18 Å². The highest BCUT2D eigenvalue weighted by Gasteiger charge is 2.30. The van der Waals surface area contributed by atoms with E-state index in [-0.39, 0.29) is 18.1 Å². The molecule has 0 bridgehead atoms.